The molecule has 11 heteroatoms. The molecule has 0 aliphatic rings. The highest BCUT2D eigenvalue weighted by molar-refractivity contribution is 5.99. The first-order valence-electron chi connectivity index (χ1n) is 9.89. The quantitative estimate of drug-likeness (QED) is 0.236. The van der Waals surface area contributed by atoms with E-state index < -0.39 is 17.7 Å². The molecule has 168 valence electrons. The van der Waals surface area contributed by atoms with Gasteiger partial charge in [-0.05, 0) is 24.5 Å². The molecule has 0 saturated heterocycles. The highest BCUT2D eigenvalue weighted by Gasteiger charge is 2.26. The molecule has 0 fully saturated rings. The van der Waals surface area contributed by atoms with E-state index in [1.165, 1.54) is 6.92 Å². The molecule has 1 aromatic carbocycles. The van der Waals surface area contributed by atoms with E-state index in [4.69, 9.17) is 9.94 Å². The van der Waals surface area contributed by atoms with E-state index in [2.05, 4.69) is 20.9 Å². The summed E-state index contributed by atoms with van der Waals surface area (Å²) in [7, 11) is 0. The van der Waals surface area contributed by atoms with Crippen molar-refractivity contribution < 1.29 is 24.3 Å². The first-order chi connectivity index (χ1) is 14.8. The fourth-order valence-electron chi connectivity index (χ4n) is 2.84. The maximum atomic E-state index is 12.3. The standard InChI is InChI=1S/C20H28N6O5/c1-13(2)9-18(20(29)24-30)19(28)21-7-8-26-11-16(23-25-26)12-31-17-6-4-5-15(10-17)22-14(3)27/h4-6,10-11,13,18,30H,7-9,12H2,1-3H3,(H,21,28)(H,22,27)(H,24,29). The molecule has 1 unspecified atom stereocenters. The van der Waals surface area contributed by atoms with Gasteiger partial charge in [-0.15, -0.1) is 5.10 Å². The van der Waals surface area contributed by atoms with Crippen LogP contribution in [0.25, 0.3) is 0 Å². The number of carbonyl (C=O) groups excluding carboxylic acids is 3. The van der Waals surface area contributed by atoms with Gasteiger partial charge < -0.3 is 15.4 Å². The van der Waals surface area contributed by atoms with Crippen LogP contribution < -0.4 is 20.9 Å². The number of nitrogens with one attached hydrogen (secondary N) is 3. The predicted octanol–water partition coefficient (Wildman–Crippen LogP) is 1.10. The Morgan fingerprint density at radius 3 is 2.68 bits per heavy atom. The fourth-order valence-corrected chi connectivity index (χ4v) is 2.84. The number of nitrogens with zero attached hydrogens (tertiary/aromatic N) is 3. The highest BCUT2D eigenvalue weighted by atomic mass is 16.5. The SMILES string of the molecule is CC(=O)Nc1cccc(OCc2cn(CCNC(=O)C(CC(C)C)C(=O)NO)nn2)c1. The molecule has 0 aliphatic heterocycles. The average molecular weight is 432 g/mol. The smallest absolute Gasteiger partial charge is 0.255 e. The second kappa shape index (κ2) is 11.6. The number of hydrogen-bond acceptors (Lipinski definition) is 7. The number of amides is 3. The molecular weight excluding hydrogens is 404 g/mol. The highest BCUT2D eigenvalue weighted by Crippen LogP contribution is 2.18. The second-order valence-corrected chi connectivity index (χ2v) is 7.42. The van der Waals surface area contributed by atoms with Crippen molar-refractivity contribution in [3.63, 3.8) is 0 Å². The molecule has 0 aliphatic carbocycles. The Bertz CT molecular complexity index is 898. The van der Waals surface area contributed by atoms with Crippen molar-refractivity contribution in [1.29, 1.82) is 0 Å². The van der Waals surface area contributed by atoms with Gasteiger partial charge in [0.2, 0.25) is 11.8 Å². The van der Waals surface area contributed by atoms with Gasteiger partial charge in [0, 0.05) is 25.2 Å². The number of hydrogen-bond donors (Lipinski definition) is 4. The molecule has 0 radical (unpaired) electrons. The molecule has 11 nitrogen and oxygen atoms in total. The molecule has 1 atom stereocenters. The van der Waals surface area contributed by atoms with Crippen LogP contribution in [0.15, 0.2) is 30.5 Å². The van der Waals surface area contributed by atoms with Gasteiger partial charge in [0.1, 0.15) is 24.0 Å². The van der Waals surface area contributed by atoms with Gasteiger partial charge in [0.15, 0.2) is 0 Å². The molecule has 0 saturated carbocycles. The summed E-state index contributed by atoms with van der Waals surface area (Å²) >= 11 is 0. The minimum absolute atomic E-state index is 0.116. The molecule has 0 spiro atoms. The lowest BCUT2D eigenvalue weighted by Gasteiger charge is -2.16. The van der Waals surface area contributed by atoms with Gasteiger partial charge >= 0.3 is 0 Å². The van der Waals surface area contributed by atoms with Gasteiger partial charge in [-0.2, -0.15) is 0 Å². The Morgan fingerprint density at radius 1 is 1.23 bits per heavy atom. The van der Waals surface area contributed by atoms with E-state index in [0.717, 1.165) is 0 Å². The Morgan fingerprint density at radius 2 is 2.00 bits per heavy atom. The Kier molecular flexibility index (Phi) is 8.94. The summed E-state index contributed by atoms with van der Waals surface area (Å²) in [4.78, 5) is 35.1. The minimum atomic E-state index is -0.960. The molecule has 31 heavy (non-hydrogen) atoms. The lowest BCUT2D eigenvalue weighted by Crippen LogP contribution is -2.42. The molecule has 3 amide bonds. The van der Waals surface area contributed by atoms with E-state index in [-0.39, 0.29) is 25.0 Å². The summed E-state index contributed by atoms with van der Waals surface area (Å²) in [5.74, 6) is -1.62. The lowest BCUT2D eigenvalue weighted by atomic mass is 9.95. The number of rotatable bonds is 11. The largest absolute Gasteiger partial charge is 0.487 e. The third-order valence-corrected chi connectivity index (χ3v) is 4.22. The second-order valence-electron chi connectivity index (χ2n) is 7.42. The summed E-state index contributed by atoms with van der Waals surface area (Å²) in [6.07, 6.45) is 2.02. The summed E-state index contributed by atoms with van der Waals surface area (Å²) in [5, 5.41) is 22.2. The molecule has 1 aromatic heterocycles. The van der Waals surface area contributed by atoms with E-state index in [1.807, 2.05) is 13.8 Å². The van der Waals surface area contributed by atoms with Crippen molar-refractivity contribution >= 4 is 23.4 Å². The average Bonchev–Trinajstić information content (AvgIpc) is 3.17. The topological polar surface area (TPSA) is 147 Å². The van der Waals surface area contributed by atoms with Crippen LogP contribution in [0.4, 0.5) is 5.69 Å². The molecule has 4 N–H and O–H groups in total. The third kappa shape index (κ3) is 8.05. The van der Waals surface area contributed by atoms with Crippen LogP contribution in [0.1, 0.15) is 32.9 Å². The minimum Gasteiger partial charge on any atom is -0.487 e. The van der Waals surface area contributed by atoms with Crippen LogP contribution in [0.2, 0.25) is 0 Å². The zero-order chi connectivity index (χ0) is 22.8. The predicted molar refractivity (Wildman–Crippen MR) is 111 cm³/mol. The molecule has 2 aromatic rings. The first-order valence-corrected chi connectivity index (χ1v) is 9.89. The normalized spacial score (nSPS) is 11.6. The molecule has 1 heterocycles. The third-order valence-electron chi connectivity index (χ3n) is 4.22. The van der Waals surface area contributed by atoms with Crippen molar-refractivity contribution in [3.05, 3.63) is 36.2 Å². The maximum Gasteiger partial charge on any atom is 0.255 e. The molecule has 2 rings (SSSR count). The first kappa shape index (κ1) is 23.8. The monoisotopic (exact) mass is 432 g/mol. The van der Waals surface area contributed by atoms with Crippen LogP contribution in [0.3, 0.4) is 0 Å². The van der Waals surface area contributed by atoms with Crippen LogP contribution in [-0.2, 0) is 27.5 Å². The van der Waals surface area contributed by atoms with E-state index in [1.54, 1.807) is 40.6 Å². The van der Waals surface area contributed by atoms with E-state index in [0.29, 0.717) is 30.1 Å². The zero-order valence-electron chi connectivity index (χ0n) is 17.8. The van der Waals surface area contributed by atoms with Gasteiger partial charge in [0.05, 0.1) is 12.7 Å². The zero-order valence-corrected chi connectivity index (χ0v) is 17.8. The van der Waals surface area contributed by atoms with Crippen LogP contribution in [0, 0.1) is 11.8 Å². The van der Waals surface area contributed by atoms with E-state index in [9.17, 15) is 14.4 Å². The number of carbonyl (C=O) groups is 3. The lowest BCUT2D eigenvalue weighted by molar-refractivity contribution is -0.141. The van der Waals surface area contributed by atoms with Gasteiger partial charge in [0.25, 0.3) is 5.91 Å². The van der Waals surface area contributed by atoms with Crippen molar-refractivity contribution in [2.75, 3.05) is 11.9 Å². The summed E-state index contributed by atoms with van der Waals surface area (Å²) in [6, 6.07) is 7.00. The number of hydroxylamine groups is 1. The van der Waals surface area contributed by atoms with Gasteiger partial charge in [-0.1, -0.05) is 25.1 Å². The summed E-state index contributed by atoms with van der Waals surface area (Å²) in [6.45, 7) is 5.99. The number of anilines is 1. The van der Waals surface area contributed by atoms with Crippen molar-refractivity contribution in [3.8, 4) is 5.75 Å². The Hall–Kier alpha value is -3.47. The summed E-state index contributed by atoms with van der Waals surface area (Å²) < 4.78 is 7.22. The number of benzene rings is 1. The van der Waals surface area contributed by atoms with Gasteiger partial charge in [-0.25, -0.2) is 5.48 Å². The number of aromatic nitrogens is 3. The van der Waals surface area contributed by atoms with Crippen molar-refractivity contribution in [1.82, 2.24) is 25.8 Å². The maximum absolute atomic E-state index is 12.3. The number of ether oxygens (including phenoxy) is 1. The van der Waals surface area contributed by atoms with E-state index >= 15 is 0 Å². The van der Waals surface area contributed by atoms with Crippen LogP contribution in [-0.4, -0.2) is 44.5 Å². The van der Waals surface area contributed by atoms with Crippen LogP contribution in [0.5, 0.6) is 5.75 Å². The van der Waals surface area contributed by atoms with Crippen molar-refractivity contribution in [2.45, 2.75) is 40.3 Å². The Balaban J connectivity index is 1.82. The van der Waals surface area contributed by atoms with Gasteiger partial charge in [-0.3, -0.25) is 24.3 Å². The molecular formula is C20H28N6O5. The summed E-state index contributed by atoms with van der Waals surface area (Å²) in [5.41, 5.74) is 2.77. The van der Waals surface area contributed by atoms with Crippen LogP contribution >= 0.6 is 0 Å². The molecule has 0 bridgehead atoms. The van der Waals surface area contributed by atoms with Crippen molar-refractivity contribution in [2.24, 2.45) is 11.8 Å². The Labute approximate surface area is 180 Å². The fraction of sp³-hybridized carbons (Fsp3) is 0.450.